The minimum atomic E-state index is -1.09. The first-order valence-electron chi connectivity index (χ1n) is 5.26. The van der Waals surface area contributed by atoms with Crippen molar-refractivity contribution in [2.75, 3.05) is 0 Å². The molecule has 1 aromatic carbocycles. The molecule has 0 aliphatic rings. The van der Waals surface area contributed by atoms with E-state index in [1.807, 2.05) is 18.2 Å². The molecule has 0 saturated carbocycles. The third kappa shape index (κ3) is 2.24. The first kappa shape index (κ1) is 12.6. The van der Waals surface area contributed by atoms with Crippen molar-refractivity contribution in [3.8, 4) is 0 Å². The summed E-state index contributed by atoms with van der Waals surface area (Å²) in [6.07, 6.45) is 1.60. The molecule has 6 heteroatoms. The van der Waals surface area contributed by atoms with Crippen LogP contribution >= 0.6 is 15.9 Å². The molecule has 0 spiro atoms. The summed E-state index contributed by atoms with van der Waals surface area (Å²) in [5.74, 6) is -1.47. The van der Waals surface area contributed by atoms with E-state index in [1.54, 1.807) is 6.20 Å². The minimum Gasteiger partial charge on any atom is -0.479 e. The summed E-state index contributed by atoms with van der Waals surface area (Å²) in [4.78, 5) is 25.3. The average molecular weight is 311 g/mol. The molecule has 0 unspecified atom stereocenters. The first-order chi connectivity index (χ1) is 8.50. The van der Waals surface area contributed by atoms with E-state index in [4.69, 9.17) is 0 Å². The number of aliphatic carboxylic acids is 1. The molecule has 2 aromatic rings. The second-order valence-corrected chi connectivity index (χ2v) is 4.73. The van der Waals surface area contributed by atoms with Gasteiger partial charge in [-0.2, -0.15) is 0 Å². The Hall–Kier alpha value is -1.82. The number of nitrogens with one attached hydrogen (secondary N) is 2. The molecule has 0 fully saturated rings. The summed E-state index contributed by atoms with van der Waals surface area (Å²) in [5.41, 5.74) is 1.35. The SMILES string of the molecule is CC(=O)N[C@@H](C(=O)O)c1c[nH]c2c(Br)cccc12. The average Bonchev–Trinajstić information content (AvgIpc) is 2.70. The smallest absolute Gasteiger partial charge is 0.330 e. The molecule has 0 aliphatic carbocycles. The lowest BCUT2D eigenvalue weighted by Crippen LogP contribution is -2.31. The van der Waals surface area contributed by atoms with Crippen LogP contribution in [0.4, 0.5) is 0 Å². The van der Waals surface area contributed by atoms with Gasteiger partial charge in [-0.05, 0) is 22.0 Å². The molecule has 0 radical (unpaired) electrons. The lowest BCUT2D eigenvalue weighted by Gasteiger charge is -2.12. The van der Waals surface area contributed by atoms with Gasteiger partial charge in [0.2, 0.25) is 5.91 Å². The third-order valence-corrected chi connectivity index (χ3v) is 3.26. The topological polar surface area (TPSA) is 82.2 Å². The van der Waals surface area contributed by atoms with Crippen molar-refractivity contribution in [1.82, 2.24) is 10.3 Å². The number of fused-ring (bicyclic) bond motifs is 1. The highest BCUT2D eigenvalue weighted by molar-refractivity contribution is 9.10. The second-order valence-electron chi connectivity index (χ2n) is 3.88. The van der Waals surface area contributed by atoms with Gasteiger partial charge in [0.1, 0.15) is 0 Å². The maximum absolute atomic E-state index is 11.2. The van der Waals surface area contributed by atoms with E-state index in [2.05, 4.69) is 26.2 Å². The van der Waals surface area contributed by atoms with Crippen LogP contribution in [0.1, 0.15) is 18.5 Å². The molecule has 1 aromatic heterocycles. The highest BCUT2D eigenvalue weighted by Crippen LogP contribution is 2.29. The Morgan fingerprint density at radius 1 is 1.44 bits per heavy atom. The van der Waals surface area contributed by atoms with E-state index < -0.39 is 12.0 Å². The Morgan fingerprint density at radius 3 is 2.78 bits per heavy atom. The molecule has 0 saturated heterocycles. The van der Waals surface area contributed by atoms with Gasteiger partial charge in [0.05, 0.1) is 5.52 Å². The second kappa shape index (κ2) is 4.81. The largest absolute Gasteiger partial charge is 0.479 e. The Morgan fingerprint density at radius 2 is 2.17 bits per heavy atom. The van der Waals surface area contributed by atoms with Gasteiger partial charge < -0.3 is 15.4 Å². The molecule has 1 heterocycles. The van der Waals surface area contributed by atoms with Crippen LogP contribution in [-0.4, -0.2) is 22.0 Å². The maximum atomic E-state index is 11.2. The Labute approximate surface area is 111 Å². The number of carboxylic acid groups (broad SMARTS) is 1. The predicted molar refractivity (Wildman–Crippen MR) is 70.2 cm³/mol. The molecule has 0 bridgehead atoms. The number of amides is 1. The van der Waals surface area contributed by atoms with E-state index in [9.17, 15) is 14.7 Å². The lowest BCUT2D eigenvalue weighted by molar-refractivity contribution is -0.141. The number of carbonyl (C=O) groups excluding carboxylic acids is 1. The Balaban J connectivity index is 2.54. The van der Waals surface area contributed by atoms with Gasteiger partial charge in [-0.3, -0.25) is 4.79 Å². The number of halogens is 1. The fourth-order valence-corrected chi connectivity index (χ4v) is 2.33. The molecule has 5 nitrogen and oxygen atoms in total. The number of hydrogen-bond donors (Lipinski definition) is 3. The van der Waals surface area contributed by atoms with Gasteiger partial charge in [0, 0.05) is 28.5 Å². The molecule has 1 amide bonds. The van der Waals surface area contributed by atoms with E-state index in [0.717, 1.165) is 15.4 Å². The molecule has 2 rings (SSSR count). The first-order valence-corrected chi connectivity index (χ1v) is 6.05. The lowest BCUT2D eigenvalue weighted by atomic mass is 10.1. The predicted octanol–water partition coefficient (Wildman–Crippen LogP) is 2.19. The van der Waals surface area contributed by atoms with Crippen molar-refractivity contribution >= 4 is 38.7 Å². The fraction of sp³-hybridized carbons (Fsp3) is 0.167. The van der Waals surface area contributed by atoms with Crippen molar-refractivity contribution in [2.45, 2.75) is 13.0 Å². The number of hydrogen-bond acceptors (Lipinski definition) is 2. The number of para-hydroxylation sites is 1. The number of aromatic amines is 1. The molecule has 3 N–H and O–H groups in total. The van der Waals surface area contributed by atoms with E-state index in [0.29, 0.717) is 5.56 Å². The maximum Gasteiger partial charge on any atom is 0.330 e. The van der Waals surface area contributed by atoms with Crippen LogP contribution in [0.5, 0.6) is 0 Å². The zero-order chi connectivity index (χ0) is 13.3. The summed E-state index contributed by atoms with van der Waals surface area (Å²) in [5, 5.41) is 12.4. The van der Waals surface area contributed by atoms with Crippen LogP contribution < -0.4 is 5.32 Å². The highest BCUT2D eigenvalue weighted by atomic mass is 79.9. The number of benzene rings is 1. The van der Waals surface area contributed by atoms with Crippen LogP contribution in [0.25, 0.3) is 10.9 Å². The summed E-state index contributed by atoms with van der Waals surface area (Å²) in [6, 6.07) is 4.43. The van der Waals surface area contributed by atoms with E-state index in [-0.39, 0.29) is 5.91 Å². The molecule has 94 valence electrons. The van der Waals surface area contributed by atoms with Gasteiger partial charge in [0.15, 0.2) is 6.04 Å². The molecule has 18 heavy (non-hydrogen) atoms. The quantitative estimate of drug-likeness (QED) is 0.812. The summed E-state index contributed by atoms with van der Waals surface area (Å²) >= 11 is 3.38. The van der Waals surface area contributed by atoms with Gasteiger partial charge in [-0.25, -0.2) is 4.79 Å². The fourth-order valence-electron chi connectivity index (χ4n) is 1.85. The minimum absolute atomic E-state index is 0.383. The number of carbonyl (C=O) groups is 2. The van der Waals surface area contributed by atoms with E-state index >= 15 is 0 Å². The Bertz CT molecular complexity index is 621. The summed E-state index contributed by atoms with van der Waals surface area (Å²) in [6.45, 7) is 1.29. The van der Waals surface area contributed by atoms with Crippen molar-refractivity contribution < 1.29 is 14.7 Å². The van der Waals surface area contributed by atoms with Gasteiger partial charge in [-0.1, -0.05) is 12.1 Å². The van der Waals surface area contributed by atoms with Crippen LogP contribution in [0, 0.1) is 0 Å². The summed E-state index contributed by atoms with van der Waals surface area (Å²) < 4.78 is 0.846. The molecular weight excluding hydrogens is 300 g/mol. The van der Waals surface area contributed by atoms with E-state index in [1.165, 1.54) is 6.92 Å². The molecular formula is C12H11BrN2O3. The molecule has 0 aliphatic heterocycles. The van der Waals surface area contributed by atoms with Crippen molar-refractivity contribution in [1.29, 1.82) is 0 Å². The van der Waals surface area contributed by atoms with Crippen molar-refractivity contribution in [3.05, 3.63) is 34.4 Å². The van der Waals surface area contributed by atoms with Crippen LogP contribution in [-0.2, 0) is 9.59 Å². The monoisotopic (exact) mass is 310 g/mol. The third-order valence-electron chi connectivity index (χ3n) is 2.60. The number of aromatic nitrogens is 1. The number of rotatable bonds is 3. The van der Waals surface area contributed by atoms with Crippen molar-refractivity contribution in [2.24, 2.45) is 0 Å². The number of carboxylic acids is 1. The Kier molecular flexibility index (Phi) is 3.38. The van der Waals surface area contributed by atoms with Gasteiger partial charge >= 0.3 is 5.97 Å². The highest BCUT2D eigenvalue weighted by Gasteiger charge is 2.24. The van der Waals surface area contributed by atoms with Gasteiger partial charge in [-0.15, -0.1) is 0 Å². The zero-order valence-electron chi connectivity index (χ0n) is 9.53. The van der Waals surface area contributed by atoms with Gasteiger partial charge in [0.25, 0.3) is 0 Å². The van der Waals surface area contributed by atoms with Crippen LogP contribution in [0.3, 0.4) is 0 Å². The van der Waals surface area contributed by atoms with Crippen LogP contribution in [0.15, 0.2) is 28.9 Å². The zero-order valence-corrected chi connectivity index (χ0v) is 11.1. The number of H-pyrrole nitrogens is 1. The molecule has 1 atom stereocenters. The summed E-state index contributed by atoms with van der Waals surface area (Å²) in [7, 11) is 0. The standard InChI is InChI=1S/C12H11BrN2O3/c1-6(16)15-11(12(17)18)8-5-14-10-7(8)3-2-4-9(10)13/h2-5,11,14H,1H3,(H,15,16)(H,17,18)/t11-/m1/s1. The van der Waals surface area contributed by atoms with Crippen molar-refractivity contribution in [3.63, 3.8) is 0 Å². The normalized spacial score (nSPS) is 12.3. The van der Waals surface area contributed by atoms with Crippen LogP contribution in [0.2, 0.25) is 0 Å².